The van der Waals surface area contributed by atoms with Crippen LogP contribution < -0.4 is 0 Å². The molecule has 2 heterocycles. The average molecular weight is 378 g/mol. The predicted octanol–water partition coefficient (Wildman–Crippen LogP) is 3.46. The van der Waals surface area contributed by atoms with Gasteiger partial charge in [0.05, 0.1) is 5.69 Å². The third-order valence-corrected chi connectivity index (χ3v) is 4.96. The zero-order valence-corrected chi connectivity index (χ0v) is 14.7. The predicted molar refractivity (Wildman–Crippen MR) is 92.1 cm³/mol. The number of likely N-dealkylation sites (tertiary alicyclic amines) is 1. The summed E-state index contributed by atoms with van der Waals surface area (Å²) >= 11 is 3.48. The standard InChI is InChI=1S/C17H20BrN3O2/c1-20-13(14(17(22)23)21-10-6-3-7-11-21)15(18)19-16(20)12-8-4-2-5-9-12/h2,4-5,8-9,14H,3,6-7,10-11H2,1H3,(H,22,23). The Morgan fingerprint density at radius 3 is 2.48 bits per heavy atom. The highest BCUT2D eigenvalue weighted by molar-refractivity contribution is 9.10. The average Bonchev–Trinajstić information content (AvgIpc) is 2.85. The maximum atomic E-state index is 11.9. The monoisotopic (exact) mass is 377 g/mol. The Bertz CT molecular complexity index is 693. The molecule has 0 spiro atoms. The van der Waals surface area contributed by atoms with Crippen LogP contribution in [0.1, 0.15) is 31.0 Å². The number of hydrogen-bond donors (Lipinski definition) is 1. The highest BCUT2D eigenvalue weighted by Crippen LogP contribution is 2.33. The van der Waals surface area contributed by atoms with Crippen molar-refractivity contribution in [3.05, 3.63) is 40.6 Å². The maximum absolute atomic E-state index is 11.9. The number of carbonyl (C=O) groups is 1. The molecule has 1 aromatic carbocycles. The van der Waals surface area contributed by atoms with Gasteiger partial charge in [-0.2, -0.15) is 0 Å². The molecule has 1 N–H and O–H groups in total. The first-order chi connectivity index (χ1) is 11.1. The van der Waals surface area contributed by atoms with Crippen LogP contribution in [0, 0.1) is 0 Å². The number of halogens is 1. The first kappa shape index (κ1) is 16.2. The number of carboxylic acid groups (broad SMARTS) is 1. The number of nitrogens with zero attached hydrogens (tertiary/aromatic N) is 3. The van der Waals surface area contributed by atoms with Crippen LogP contribution >= 0.6 is 15.9 Å². The van der Waals surface area contributed by atoms with Gasteiger partial charge in [0.25, 0.3) is 0 Å². The van der Waals surface area contributed by atoms with E-state index in [9.17, 15) is 9.90 Å². The van der Waals surface area contributed by atoms with Gasteiger partial charge in [0, 0.05) is 12.6 Å². The molecule has 1 unspecified atom stereocenters. The number of benzene rings is 1. The van der Waals surface area contributed by atoms with E-state index in [-0.39, 0.29) is 0 Å². The van der Waals surface area contributed by atoms with Crippen molar-refractivity contribution in [2.45, 2.75) is 25.3 Å². The van der Waals surface area contributed by atoms with Gasteiger partial charge in [-0.25, -0.2) is 4.98 Å². The van der Waals surface area contributed by atoms with Crippen molar-refractivity contribution in [3.63, 3.8) is 0 Å². The van der Waals surface area contributed by atoms with Crippen LogP contribution in [0.2, 0.25) is 0 Å². The molecular weight excluding hydrogens is 358 g/mol. The molecule has 1 aliphatic heterocycles. The Morgan fingerprint density at radius 1 is 1.22 bits per heavy atom. The summed E-state index contributed by atoms with van der Waals surface area (Å²) in [4.78, 5) is 18.6. The minimum atomic E-state index is -0.824. The molecule has 0 radical (unpaired) electrons. The van der Waals surface area contributed by atoms with Gasteiger partial charge in [0.2, 0.25) is 0 Å². The quantitative estimate of drug-likeness (QED) is 0.885. The Morgan fingerprint density at radius 2 is 1.87 bits per heavy atom. The summed E-state index contributed by atoms with van der Waals surface area (Å²) in [5.74, 6) is -0.0500. The van der Waals surface area contributed by atoms with Crippen LogP contribution in [-0.4, -0.2) is 38.6 Å². The fourth-order valence-electron chi connectivity index (χ4n) is 3.24. The van der Waals surface area contributed by atoms with E-state index < -0.39 is 12.0 Å². The molecule has 0 bridgehead atoms. The summed E-state index contributed by atoms with van der Waals surface area (Å²) in [5, 5.41) is 9.80. The first-order valence-corrected chi connectivity index (χ1v) is 8.63. The number of hydrogen-bond acceptors (Lipinski definition) is 3. The fraction of sp³-hybridized carbons (Fsp3) is 0.412. The second-order valence-electron chi connectivity index (χ2n) is 5.87. The Labute approximate surface area is 144 Å². The van der Waals surface area contributed by atoms with Gasteiger partial charge in [0.1, 0.15) is 10.4 Å². The topological polar surface area (TPSA) is 58.4 Å². The number of imidazole rings is 1. The molecule has 0 aliphatic carbocycles. The summed E-state index contributed by atoms with van der Waals surface area (Å²) in [6, 6.07) is 9.16. The van der Waals surface area contributed by atoms with Crippen LogP contribution in [0.4, 0.5) is 0 Å². The van der Waals surface area contributed by atoms with Gasteiger partial charge in [-0.1, -0.05) is 36.8 Å². The van der Waals surface area contributed by atoms with Gasteiger partial charge in [-0.3, -0.25) is 9.69 Å². The van der Waals surface area contributed by atoms with E-state index in [0.29, 0.717) is 10.3 Å². The number of aliphatic carboxylic acids is 1. The van der Waals surface area contributed by atoms with Crippen molar-refractivity contribution in [1.29, 1.82) is 0 Å². The zero-order valence-electron chi connectivity index (χ0n) is 13.1. The van der Waals surface area contributed by atoms with Crippen molar-refractivity contribution in [2.24, 2.45) is 7.05 Å². The summed E-state index contributed by atoms with van der Waals surface area (Å²) < 4.78 is 2.50. The second kappa shape index (κ2) is 6.84. The highest BCUT2D eigenvalue weighted by atomic mass is 79.9. The molecule has 0 amide bonds. The van der Waals surface area contributed by atoms with Crippen LogP contribution in [0.5, 0.6) is 0 Å². The normalized spacial score (nSPS) is 17.1. The van der Waals surface area contributed by atoms with Crippen LogP contribution in [-0.2, 0) is 11.8 Å². The number of rotatable bonds is 4. The summed E-state index contributed by atoms with van der Waals surface area (Å²) in [5.41, 5.74) is 1.68. The van der Waals surface area contributed by atoms with E-state index in [1.807, 2.05) is 46.8 Å². The van der Waals surface area contributed by atoms with E-state index in [0.717, 1.165) is 37.3 Å². The summed E-state index contributed by atoms with van der Waals surface area (Å²) in [6.45, 7) is 1.63. The molecule has 5 nitrogen and oxygen atoms in total. The van der Waals surface area contributed by atoms with Crippen molar-refractivity contribution < 1.29 is 9.90 Å². The Kier molecular flexibility index (Phi) is 4.82. The Hall–Kier alpha value is -1.66. The Balaban J connectivity index is 2.03. The molecule has 122 valence electrons. The lowest BCUT2D eigenvalue weighted by molar-refractivity contribution is -0.144. The van der Waals surface area contributed by atoms with Gasteiger partial charge >= 0.3 is 5.97 Å². The molecule has 2 aromatic rings. The molecule has 1 saturated heterocycles. The van der Waals surface area contributed by atoms with Crippen molar-refractivity contribution in [1.82, 2.24) is 14.5 Å². The SMILES string of the molecule is Cn1c(-c2ccccc2)nc(Br)c1C(C(=O)O)N1CCCCC1. The minimum absolute atomic E-state index is 0.608. The van der Waals surface area contributed by atoms with Gasteiger partial charge in [-0.15, -0.1) is 0 Å². The summed E-state index contributed by atoms with van der Waals surface area (Å²) in [6.07, 6.45) is 3.26. The molecular formula is C17H20BrN3O2. The molecule has 23 heavy (non-hydrogen) atoms. The largest absolute Gasteiger partial charge is 0.480 e. The van der Waals surface area contributed by atoms with Crippen LogP contribution in [0.25, 0.3) is 11.4 Å². The van der Waals surface area contributed by atoms with E-state index in [1.165, 1.54) is 6.42 Å². The lowest BCUT2D eigenvalue weighted by atomic mass is 10.1. The molecule has 1 aromatic heterocycles. The number of aromatic nitrogens is 2. The van der Waals surface area contributed by atoms with E-state index in [1.54, 1.807) is 0 Å². The van der Waals surface area contributed by atoms with Crippen LogP contribution in [0.15, 0.2) is 34.9 Å². The lowest BCUT2D eigenvalue weighted by Gasteiger charge is -2.32. The molecule has 0 saturated carbocycles. The van der Waals surface area contributed by atoms with Crippen LogP contribution in [0.3, 0.4) is 0 Å². The molecule has 1 atom stereocenters. The van der Waals surface area contributed by atoms with Crippen molar-refractivity contribution in [3.8, 4) is 11.4 Å². The zero-order chi connectivity index (χ0) is 16.4. The smallest absolute Gasteiger partial charge is 0.327 e. The van der Waals surface area contributed by atoms with E-state index in [2.05, 4.69) is 20.9 Å². The van der Waals surface area contributed by atoms with Gasteiger partial charge in [-0.05, 0) is 41.9 Å². The van der Waals surface area contributed by atoms with Gasteiger partial charge in [0.15, 0.2) is 6.04 Å². The number of carboxylic acids is 1. The first-order valence-electron chi connectivity index (χ1n) is 7.84. The number of piperidine rings is 1. The third kappa shape index (κ3) is 3.19. The maximum Gasteiger partial charge on any atom is 0.327 e. The molecule has 6 heteroatoms. The second-order valence-corrected chi connectivity index (χ2v) is 6.63. The molecule has 1 aliphatic rings. The highest BCUT2D eigenvalue weighted by Gasteiger charge is 2.34. The van der Waals surface area contributed by atoms with E-state index in [4.69, 9.17) is 0 Å². The van der Waals surface area contributed by atoms with Gasteiger partial charge < -0.3 is 9.67 Å². The minimum Gasteiger partial charge on any atom is -0.480 e. The third-order valence-electron chi connectivity index (χ3n) is 4.38. The van der Waals surface area contributed by atoms with Crippen molar-refractivity contribution >= 4 is 21.9 Å². The van der Waals surface area contributed by atoms with E-state index >= 15 is 0 Å². The molecule has 1 fully saturated rings. The fourth-order valence-corrected chi connectivity index (χ4v) is 3.89. The summed E-state index contributed by atoms with van der Waals surface area (Å²) in [7, 11) is 1.88. The van der Waals surface area contributed by atoms with Crippen molar-refractivity contribution in [2.75, 3.05) is 13.1 Å². The lowest BCUT2D eigenvalue weighted by Crippen LogP contribution is -2.39. The molecule has 3 rings (SSSR count).